The summed E-state index contributed by atoms with van der Waals surface area (Å²) in [7, 11) is 1.72. The molecule has 10 nitrogen and oxygen atoms in total. The maximum Gasteiger partial charge on any atom is 0.416 e. The van der Waals surface area contributed by atoms with E-state index in [1.165, 1.54) is 31.1 Å². The number of aliphatic hydroxyl groups is 1. The summed E-state index contributed by atoms with van der Waals surface area (Å²) in [5, 5.41) is 24.4. The van der Waals surface area contributed by atoms with E-state index in [2.05, 4.69) is 15.1 Å². The van der Waals surface area contributed by atoms with Crippen LogP contribution in [0.1, 0.15) is 50.3 Å². The van der Waals surface area contributed by atoms with Crippen molar-refractivity contribution in [3.8, 4) is 11.1 Å². The summed E-state index contributed by atoms with van der Waals surface area (Å²) in [5.74, 6) is -1.07. The largest absolute Gasteiger partial charge is 0.481 e. The maximum absolute atomic E-state index is 13.7. The number of aliphatic carboxylic acids is 1. The normalized spacial score (nSPS) is 18.7. The summed E-state index contributed by atoms with van der Waals surface area (Å²) < 4.78 is 89.0. The van der Waals surface area contributed by atoms with E-state index in [0.29, 0.717) is 36.1 Å². The topological polar surface area (TPSA) is 117 Å². The van der Waals surface area contributed by atoms with Gasteiger partial charge in [0.15, 0.2) is 0 Å². The molecule has 1 aliphatic rings. The van der Waals surface area contributed by atoms with E-state index in [1.54, 1.807) is 29.0 Å². The van der Waals surface area contributed by atoms with Gasteiger partial charge in [0.05, 0.1) is 29.3 Å². The number of ether oxygens (including phenoxy) is 1. The molecule has 0 amide bonds. The molecule has 0 bridgehead atoms. The number of aliphatic hydroxyl groups excluding tert-OH is 1. The van der Waals surface area contributed by atoms with Crippen LogP contribution in [0.3, 0.4) is 0 Å². The van der Waals surface area contributed by atoms with Crippen LogP contribution in [0.4, 0.5) is 32.3 Å². The van der Waals surface area contributed by atoms with Gasteiger partial charge in [0.2, 0.25) is 12.4 Å². The van der Waals surface area contributed by atoms with Crippen LogP contribution < -0.4 is 4.90 Å². The molecular weight excluding hydrogens is 610 g/mol. The van der Waals surface area contributed by atoms with Crippen molar-refractivity contribution in [3.63, 3.8) is 0 Å². The number of aryl methyl sites for hydroxylation is 1. The van der Waals surface area contributed by atoms with E-state index in [9.17, 15) is 41.4 Å². The Bertz CT molecular complexity index is 1440. The minimum atomic E-state index is -5.02. The molecule has 4 rings (SSSR count). The molecule has 1 saturated heterocycles. The van der Waals surface area contributed by atoms with Gasteiger partial charge in [-0.2, -0.15) is 31.4 Å². The maximum atomic E-state index is 13.7. The zero-order valence-electron chi connectivity index (χ0n) is 25.0. The molecule has 1 fully saturated rings. The molecule has 0 saturated carbocycles. The number of alkyl halides is 6. The van der Waals surface area contributed by atoms with Crippen LogP contribution in [-0.2, 0) is 35.5 Å². The van der Waals surface area contributed by atoms with Gasteiger partial charge >= 0.3 is 18.3 Å². The Hall–Kier alpha value is -3.76. The number of hydrogen-bond acceptors (Lipinski definition) is 8. The van der Waals surface area contributed by atoms with Gasteiger partial charge in [-0.05, 0) is 50.5 Å². The van der Waals surface area contributed by atoms with Gasteiger partial charge in [-0.25, -0.2) is 9.97 Å². The zero-order valence-corrected chi connectivity index (χ0v) is 25.0. The molecule has 246 valence electrons. The lowest BCUT2D eigenvalue weighted by Gasteiger charge is -2.32. The number of nitrogens with zero attached hydrogens (tertiary/aromatic N) is 6. The van der Waals surface area contributed by atoms with Crippen molar-refractivity contribution in [2.45, 2.75) is 71.0 Å². The van der Waals surface area contributed by atoms with Crippen molar-refractivity contribution >= 4 is 11.9 Å². The average molecular weight is 645 g/mol. The minimum Gasteiger partial charge on any atom is -0.481 e. The Morgan fingerprint density at radius 3 is 2.13 bits per heavy atom. The smallest absolute Gasteiger partial charge is 0.416 e. The van der Waals surface area contributed by atoms with Gasteiger partial charge in [-0.15, -0.1) is 0 Å². The first kappa shape index (κ1) is 34.1. The number of anilines is 1. The number of likely N-dealkylation sites (tertiary alicyclic amines) is 1. The minimum absolute atomic E-state index is 0.0535. The molecular formula is C29H34F6N6O4. The second-order valence-electron chi connectivity index (χ2n) is 11.7. The molecule has 2 N–H and O–H groups in total. The summed E-state index contributed by atoms with van der Waals surface area (Å²) in [6.45, 7) is 4.08. The predicted molar refractivity (Wildman–Crippen MR) is 149 cm³/mol. The third-order valence-electron chi connectivity index (χ3n) is 7.74. The summed E-state index contributed by atoms with van der Waals surface area (Å²) in [4.78, 5) is 23.4. The second kappa shape index (κ2) is 12.9. The number of halogens is 6. The Kier molecular flexibility index (Phi) is 9.80. The Balaban J connectivity index is 1.69. The summed E-state index contributed by atoms with van der Waals surface area (Å²) in [5.41, 5.74) is -3.14. The van der Waals surface area contributed by atoms with E-state index in [0.717, 1.165) is 0 Å². The Morgan fingerprint density at radius 2 is 1.64 bits per heavy atom. The van der Waals surface area contributed by atoms with Gasteiger partial charge in [-0.3, -0.25) is 14.4 Å². The van der Waals surface area contributed by atoms with Crippen LogP contribution in [0.5, 0.6) is 0 Å². The van der Waals surface area contributed by atoms with Crippen molar-refractivity contribution < 1.29 is 46.1 Å². The third-order valence-corrected chi connectivity index (χ3v) is 7.74. The summed E-state index contributed by atoms with van der Waals surface area (Å²) in [6, 6.07) is 0.518. The number of carboxylic acids is 1. The first-order valence-electron chi connectivity index (χ1n) is 14.0. The van der Waals surface area contributed by atoms with Gasteiger partial charge in [0, 0.05) is 61.9 Å². The third kappa shape index (κ3) is 8.10. The highest BCUT2D eigenvalue weighted by Crippen LogP contribution is 2.38. The molecule has 3 atom stereocenters. The highest BCUT2D eigenvalue weighted by atomic mass is 19.4. The number of carboxylic acid groups (broad SMARTS) is 1. The van der Waals surface area contributed by atoms with Crippen LogP contribution in [-0.4, -0.2) is 72.5 Å². The Morgan fingerprint density at radius 1 is 1.04 bits per heavy atom. The molecule has 16 heteroatoms. The van der Waals surface area contributed by atoms with Crippen molar-refractivity contribution in [1.29, 1.82) is 0 Å². The molecule has 2 aromatic heterocycles. The Labute approximate surface area is 255 Å². The molecule has 0 radical (unpaired) electrons. The van der Waals surface area contributed by atoms with Gasteiger partial charge in [0.1, 0.15) is 0 Å². The van der Waals surface area contributed by atoms with Crippen LogP contribution in [0.15, 0.2) is 43.0 Å². The molecule has 3 heterocycles. The fourth-order valence-corrected chi connectivity index (χ4v) is 5.11. The fourth-order valence-electron chi connectivity index (χ4n) is 5.11. The molecule has 3 aromatic rings. The summed E-state index contributed by atoms with van der Waals surface area (Å²) in [6.07, 6.45) is -4.44. The van der Waals surface area contributed by atoms with Gasteiger partial charge in [0.25, 0.3) is 0 Å². The molecule has 1 aromatic carbocycles. The molecule has 1 unspecified atom stereocenters. The number of benzene rings is 1. The van der Waals surface area contributed by atoms with Crippen LogP contribution in [0, 0.1) is 5.41 Å². The SMILES string of the molecule is CC[C@@H]1C[C@H](N(Cc2cc(C(F)(F)F)cc(C(F)(F)F)c2)c2ncc(-c3cnn(C)c3)cn2)CN1C(O)OCC(C)(C)C(=O)O. The number of rotatable bonds is 11. The van der Waals surface area contributed by atoms with E-state index < -0.39 is 53.9 Å². The molecule has 1 aliphatic heterocycles. The van der Waals surface area contributed by atoms with Crippen molar-refractivity contribution in [2.24, 2.45) is 12.5 Å². The van der Waals surface area contributed by atoms with E-state index >= 15 is 0 Å². The quantitative estimate of drug-likeness (QED) is 0.215. The van der Waals surface area contributed by atoms with Crippen molar-refractivity contribution in [2.75, 3.05) is 18.1 Å². The first-order chi connectivity index (χ1) is 20.9. The second-order valence-corrected chi connectivity index (χ2v) is 11.7. The lowest BCUT2D eigenvalue weighted by atomic mass is 9.95. The first-order valence-corrected chi connectivity index (χ1v) is 14.0. The molecule has 0 aliphatic carbocycles. The molecule has 0 spiro atoms. The van der Waals surface area contributed by atoms with Gasteiger partial charge in [-0.1, -0.05) is 6.92 Å². The van der Waals surface area contributed by atoms with Crippen molar-refractivity contribution in [1.82, 2.24) is 24.6 Å². The number of hydrogen-bond donors (Lipinski definition) is 2. The van der Waals surface area contributed by atoms with Crippen LogP contribution >= 0.6 is 0 Å². The summed E-state index contributed by atoms with van der Waals surface area (Å²) >= 11 is 0. The highest BCUT2D eigenvalue weighted by Gasteiger charge is 2.41. The molecule has 45 heavy (non-hydrogen) atoms. The van der Waals surface area contributed by atoms with E-state index in [4.69, 9.17) is 4.74 Å². The predicted octanol–water partition coefficient (Wildman–Crippen LogP) is 5.18. The van der Waals surface area contributed by atoms with Crippen LogP contribution in [0.2, 0.25) is 0 Å². The van der Waals surface area contributed by atoms with E-state index in [-0.39, 0.29) is 36.8 Å². The standard InChI is InChI=1S/C29H34F6N6O4/c1-5-22-9-23(15-41(22)26(44)45-16-27(2,3)24(42)43)40(25-36-10-18(11-37-25)19-12-38-39(4)14-19)13-17-6-20(28(30,31)32)8-21(7-17)29(33,34)35/h6-8,10-12,14,22-23,26,44H,5,9,13,15-16H2,1-4H3,(H,42,43)/t22-,23+,26?/m1/s1. The average Bonchev–Trinajstić information content (AvgIpc) is 3.60. The fraction of sp³-hybridized carbons (Fsp3) is 0.517. The zero-order chi connectivity index (χ0) is 33.3. The van der Waals surface area contributed by atoms with Crippen LogP contribution in [0.25, 0.3) is 11.1 Å². The number of aromatic nitrogens is 4. The van der Waals surface area contributed by atoms with Gasteiger partial charge < -0.3 is 19.8 Å². The van der Waals surface area contributed by atoms with E-state index in [1.807, 2.05) is 6.92 Å². The highest BCUT2D eigenvalue weighted by molar-refractivity contribution is 5.73. The number of carbonyl (C=O) groups is 1. The lowest BCUT2D eigenvalue weighted by molar-refractivity contribution is -0.212. The monoisotopic (exact) mass is 644 g/mol. The van der Waals surface area contributed by atoms with Crippen molar-refractivity contribution in [3.05, 3.63) is 59.7 Å². The lowest BCUT2D eigenvalue weighted by Crippen LogP contribution is -2.45.